The summed E-state index contributed by atoms with van der Waals surface area (Å²) in [5, 5.41) is 9.06. The molecule has 0 radical (unpaired) electrons. The van der Waals surface area contributed by atoms with Gasteiger partial charge in [0.2, 0.25) is 0 Å². The lowest BCUT2D eigenvalue weighted by molar-refractivity contribution is 0.109. The highest BCUT2D eigenvalue weighted by Gasteiger charge is 2.08. The van der Waals surface area contributed by atoms with Crippen LogP contribution in [-0.2, 0) is 4.74 Å². The molecule has 0 rings (SSSR count). The van der Waals surface area contributed by atoms with Crippen LogP contribution in [0.2, 0.25) is 0 Å². The van der Waals surface area contributed by atoms with E-state index in [2.05, 4.69) is 18.9 Å². The molecule has 0 heterocycles. The number of likely N-dealkylation sites (N-methyl/N-ethyl adjacent to an activating group) is 1. The van der Waals surface area contributed by atoms with Crippen molar-refractivity contribution in [3.63, 3.8) is 0 Å². The number of methoxy groups -OCH3 is 1. The van der Waals surface area contributed by atoms with E-state index < -0.39 is 0 Å². The fourth-order valence-corrected chi connectivity index (χ4v) is 1.22. The lowest BCUT2D eigenvalue weighted by Crippen LogP contribution is -2.33. The summed E-state index contributed by atoms with van der Waals surface area (Å²) in [6, 6.07) is 0.457. The van der Waals surface area contributed by atoms with Gasteiger partial charge in [0, 0.05) is 13.2 Å². The average molecular weight is 189 g/mol. The van der Waals surface area contributed by atoms with Crippen LogP contribution in [-0.4, -0.2) is 49.5 Å². The monoisotopic (exact) mass is 189 g/mol. The van der Waals surface area contributed by atoms with E-state index in [1.807, 2.05) is 6.92 Å². The summed E-state index contributed by atoms with van der Waals surface area (Å²) in [4.78, 5) is 2.26. The van der Waals surface area contributed by atoms with Crippen molar-refractivity contribution in [3.05, 3.63) is 0 Å². The first-order valence-corrected chi connectivity index (χ1v) is 4.95. The molecule has 0 saturated carbocycles. The predicted octanol–water partition coefficient (Wildman–Crippen LogP) is 1.11. The molecule has 0 aliphatic rings. The Bertz CT molecular complexity index is 117. The maximum absolute atomic E-state index is 9.06. The summed E-state index contributed by atoms with van der Waals surface area (Å²) in [5.41, 5.74) is 0. The van der Waals surface area contributed by atoms with Crippen molar-refractivity contribution in [2.75, 3.05) is 27.3 Å². The number of aliphatic hydroxyl groups is 1. The first kappa shape index (κ1) is 12.9. The molecule has 2 unspecified atom stereocenters. The number of nitrogens with zero attached hydrogens (tertiary/aromatic N) is 1. The Morgan fingerprint density at radius 3 is 2.46 bits per heavy atom. The topological polar surface area (TPSA) is 32.7 Å². The van der Waals surface area contributed by atoms with Crippen molar-refractivity contribution in [2.45, 2.75) is 38.8 Å². The molecule has 0 spiro atoms. The normalized spacial score (nSPS) is 16.2. The first-order chi connectivity index (χ1) is 6.07. The standard InChI is InChI=1S/C10H23NO2/c1-9(8-13-4)11(3)7-5-6-10(2)12/h9-10,12H,5-8H2,1-4H3. The Hall–Kier alpha value is -0.120. The number of hydrogen-bond acceptors (Lipinski definition) is 3. The Morgan fingerprint density at radius 2 is 2.00 bits per heavy atom. The summed E-state index contributed by atoms with van der Waals surface area (Å²) in [6.07, 6.45) is 1.75. The molecule has 0 saturated heterocycles. The molecule has 0 aromatic heterocycles. The molecular formula is C10H23NO2. The van der Waals surface area contributed by atoms with E-state index in [9.17, 15) is 0 Å². The van der Waals surface area contributed by atoms with E-state index in [1.54, 1.807) is 7.11 Å². The number of ether oxygens (including phenoxy) is 1. The van der Waals surface area contributed by atoms with Crippen LogP contribution >= 0.6 is 0 Å². The van der Waals surface area contributed by atoms with Gasteiger partial charge in [-0.25, -0.2) is 0 Å². The van der Waals surface area contributed by atoms with Gasteiger partial charge in [-0.3, -0.25) is 0 Å². The van der Waals surface area contributed by atoms with Gasteiger partial charge in [0.1, 0.15) is 0 Å². The summed E-state index contributed by atoms with van der Waals surface area (Å²) < 4.78 is 5.06. The fraction of sp³-hybridized carbons (Fsp3) is 1.00. The summed E-state index contributed by atoms with van der Waals surface area (Å²) in [5.74, 6) is 0. The van der Waals surface area contributed by atoms with Crippen LogP contribution in [0.4, 0.5) is 0 Å². The zero-order chi connectivity index (χ0) is 10.3. The van der Waals surface area contributed by atoms with Crippen molar-refractivity contribution in [1.82, 2.24) is 4.90 Å². The van der Waals surface area contributed by atoms with Gasteiger partial charge in [0.05, 0.1) is 12.7 Å². The number of rotatable bonds is 7. The van der Waals surface area contributed by atoms with Crippen LogP contribution in [0.3, 0.4) is 0 Å². The van der Waals surface area contributed by atoms with Crippen LogP contribution in [0.25, 0.3) is 0 Å². The summed E-state index contributed by atoms with van der Waals surface area (Å²) in [6.45, 7) is 5.77. The fourth-order valence-electron chi connectivity index (χ4n) is 1.22. The molecule has 0 aromatic carbocycles. The molecule has 0 fully saturated rings. The van der Waals surface area contributed by atoms with Crippen molar-refractivity contribution in [1.29, 1.82) is 0 Å². The molecule has 80 valence electrons. The van der Waals surface area contributed by atoms with Crippen molar-refractivity contribution in [2.24, 2.45) is 0 Å². The Labute approximate surface area is 81.7 Å². The van der Waals surface area contributed by atoms with E-state index in [1.165, 1.54) is 0 Å². The third kappa shape index (κ3) is 6.99. The molecule has 0 aromatic rings. The third-order valence-electron chi connectivity index (χ3n) is 2.29. The van der Waals surface area contributed by atoms with Gasteiger partial charge in [0.25, 0.3) is 0 Å². The Kier molecular flexibility index (Phi) is 7.23. The van der Waals surface area contributed by atoms with Crippen LogP contribution in [0.1, 0.15) is 26.7 Å². The van der Waals surface area contributed by atoms with Crippen LogP contribution in [0.15, 0.2) is 0 Å². The summed E-state index contributed by atoms with van der Waals surface area (Å²) in [7, 11) is 3.81. The second kappa shape index (κ2) is 7.30. The maximum atomic E-state index is 9.06. The molecule has 0 aliphatic heterocycles. The second-order valence-corrected chi connectivity index (χ2v) is 3.78. The molecule has 13 heavy (non-hydrogen) atoms. The van der Waals surface area contributed by atoms with E-state index in [4.69, 9.17) is 9.84 Å². The molecule has 1 N–H and O–H groups in total. The van der Waals surface area contributed by atoms with Crippen molar-refractivity contribution in [3.8, 4) is 0 Å². The highest BCUT2D eigenvalue weighted by atomic mass is 16.5. The average Bonchev–Trinajstić information content (AvgIpc) is 2.04. The van der Waals surface area contributed by atoms with Gasteiger partial charge >= 0.3 is 0 Å². The molecule has 3 heteroatoms. The number of hydrogen-bond donors (Lipinski definition) is 1. The third-order valence-corrected chi connectivity index (χ3v) is 2.29. The van der Waals surface area contributed by atoms with E-state index in [0.717, 1.165) is 26.0 Å². The zero-order valence-electron chi connectivity index (χ0n) is 9.29. The molecule has 0 aliphatic carbocycles. The zero-order valence-corrected chi connectivity index (χ0v) is 9.29. The maximum Gasteiger partial charge on any atom is 0.0615 e. The highest BCUT2D eigenvalue weighted by molar-refractivity contribution is 4.62. The minimum Gasteiger partial charge on any atom is -0.393 e. The van der Waals surface area contributed by atoms with Gasteiger partial charge < -0.3 is 14.7 Å². The Balaban J connectivity index is 3.43. The number of aliphatic hydroxyl groups excluding tert-OH is 1. The van der Waals surface area contributed by atoms with E-state index >= 15 is 0 Å². The van der Waals surface area contributed by atoms with Gasteiger partial charge in [-0.1, -0.05) is 0 Å². The van der Waals surface area contributed by atoms with Gasteiger partial charge in [-0.15, -0.1) is 0 Å². The van der Waals surface area contributed by atoms with Crippen LogP contribution < -0.4 is 0 Å². The molecule has 2 atom stereocenters. The van der Waals surface area contributed by atoms with Gasteiger partial charge in [0.15, 0.2) is 0 Å². The van der Waals surface area contributed by atoms with Crippen molar-refractivity contribution < 1.29 is 9.84 Å². The molecule has 3 nitrogen and oxygen atoms in total. The largest absolute Gasteiger partial charge is 0.393 e. The minimum absolute atomic E-state index is 0.175. The molecule has 0 bridgehead atoms. The van der Waals surface area contributed by atoms with Crippen molar-refractivity contribution >= 4 is 0 Å². The lowest BCUT2D eigenvalue weighted by atomic mass is 10.2. The van der Waals surface area contributed by atoms with Gasteiger partial charge in [-0.2, -0.15) is 0 Å². The van der Waals surface area contributed by atoms with E-state index in [0.29, 0.717) is 6.04 Å². The first-order valence-electron chi connectivity index (χ1n) is 4.95. The highest BCUT2D eigenvalue weighted by Crippen LogP contribution is 2.01. The molecular weight excluding hydrogens is 166 g/mol. The quantitative estimate of drug-likeness (QED) is 0.651. The predicted molar refractivity (Wildman–Crippen MR) is 54.9 cm³/mol. The van der Waals surface area contributed by atoms with Gasteiger partial charge in [-0.05, 0) is 40.3 Å². The molecule has 0 amide bonds. The summed E-state index contributed by atoms with van der Waals surface area (Å²) >= 11 is 0. The SMILES string of the molecule is COCC(C)N(C)CCCC(C)O. The second-order valence-electron chi connectivity index (χ2n) is 3.78. The Morgan fingerprint density at radius 1 is 1.38 bits per heavy atom. The smallest absolute Gasteiger partial charge is 0.0615 e. The van der Waals surface area contributed by atoms with Crippen LogP contribution in [0, 0.1) is 0 Å². The van der Waals surface area contributed by atoms with Crippen LogP contribution in [0.5, 0.6) is 0 Å². The van der Waals surface area contributed by atoms with E-state index in [-0.39, 0.29) is 6.10 Å². The minimum atomic E-state index is -0.175. The lowest BCUT2D eigenvalue weighted by Gasteiger charge is -2.24.